The van der Waals surface area contributed by atoms with E-state index in [0.29, 0.717) is 31.5 Å². The van der Waals surface area contributed by atoms with Crippen LogP contribution in [0.25, 0.3) is 0 Å². The summed E-state index contributed by atoms with van der Waals surface area (Å²) in [4.78, 5) is 35.7. The molecule has 1 heterocycles. The number of nitrogens with one attached hydrogen (secondary N) is 1. The molecule has 6 nitrogen and oxygen atoms in total. The van der Waals surface area contributed by atoms with E-state index in [1.54, 1.807) is 6.07 Å². The third-order valence-electron chi connectivity index (χ3n) is 3.37. The highest BCUT2D eigenvalue weighted by Gasteiger charge is 2.27. The highest BCUT2D eigenvalue weighted by atomic mass is 16.4. The quantitative estimate of drug-likeness (QED) is 0.734. The number of fused-ring (bicyclic) bond motifs is 1. The maximum atomic E-state index is 12.1. The van der Waals surface area contributed by atoms with E-state index in [1.807, 2.05) is 18.2 Å². The van der Waals surface area contributed by atoms with Crippen molar-refractivity contribution in [1.82, 2.24) is 10.2 Å². The molecule has 0 unspecified atom stereocenters. The van der Waals surface area contributed by atoms with Crippen molar-refractivity contribution in [3.05, 3.63) is 35.4 Å². The number of hydrogen-bond donors (Lipinski definition) is 2. The van der Waals surface area contributed by atoms with E-state index in [9.17, 15) is 14.4 Å². The van der Waals surface area contributed by atoms with Crippen molar-refractivity contribution in [2.24, 2.45) is 0 Å². The molecule has 2 N–H and O–H groups in total. The third-order valence-corrected chi connectivity index (χ3v) is 3.37. The highest BCUT2D eigenvalue weighted by Crippen LogP contribution is 2.21. The standard InChI is InChI=1S/C15H18N2O4/c18-13(16-8-4-3-7-14(19)20)10-17-9-11-5-1-2-6-12(11)15(17)21/h1-2,5-6H,3-4,7-10H2,(H,16,18)(H,19,20). The normalized spacial score (nSPS) is 13.1. The van der Waals surface area contributed by atoms with Crippen LogP contribution in [0.3, 0.4) is 0 Å². The van der Waals surface area contributed by atoms with Crippen LogP contribution >= 0.6 is 0 Å². The average molecular weight is 290 g/mol. The molecule has 2 amide bonds. The minimum Gasteiger partial charge on any atom is -0.481 e. The van der Waals surface area contributed by atoms with Gasteiger partial charge in [-0.1, -0.05) is 18.2 Å². The van der Waals surface area contributed by atoms with E-state index in [4.69, 9.17) is 5.11 Å². The van der Waals surface area contributed by atoms with Crippen molar-refractivity contribution in [3.63, 3.8) is 0 Å². The number of carbonyl (C=O) groups is 3. The number of hydrogen-bond acceptors (Lipinski definition) is 3. The van der Waals surface area contributed by atoms with E-state index in [0.717, 1.165) is 5.56 Å². The molecule has 1 aliphatic rings. The number of amides is 2. The first-order chi connectivity index (χ1) is 10.1. The summed E-state index contributed by atoms with van der Waals surface area (Å²) in [6.07, 6.45) is 1.26. The molecular weight excluding hydrogens is 272 g/mol. The first-order valence-electron chi connectivity index (χ1n) is 6.93. The molecule has 0 radical (unpaired) electrons. The van der Waals surface area contributed by atoms with Gasteiger partial charge in [0.15, 0.2) is 0 Å². The van der Waals surface area contributed by atoms with E-state index in [1.165, 1.54) is 4.90 Å². The maximum Gasteiger partial charge on any atom is 0.303 e. The fourth-order valence-corrected chi connectivity index (χ4v) is 2.30. The lowest BCUT2D eigenvalue weighted by Crippen LogP contribution is -2.37. The molecular formula is C15H18N2O4. The minimum absolute atomic E-state index is 0.0342. The molecule has 0 aliphatic carbocycles. The Morgan fingerprint density at radius 1 is 1.24 bits per heavy atom. The van der Waals surface area contributed by atoms with Gasteiger partial charge in [0.2, 0.25) is 5.91 Å². The van der Waals surface area contributed by atoms with Crippen LogP contribution in [0.1, 0.15) is 35.2 Å². The van der Waals surface area contributed by atoms with E-state index < -0.39 is 5.97 Å². The van der Waals surface area contributed by atoms with Crippen molar-refractivity contribution in [3.8, 4) is 0 Å². The summed E-state index contributed by atoms with van der Waals surface area (Å²) < 4.78 is 0. The summed E-state index contributed by atoms with van der Waals surface area (Å²) in [5.74, 6) is -1.17. The van der Waals surface area contributed by atoms with Gasteiger partial charge in [0.05, 0.1) is 0 Å². The second-order valence-electron chi connectivity index (χ2n) is 5.02. The van der Waals surface area contributed by atoms with Crippen LogP contribution in [-0.2, 0) is 16.1 Å². The van der Waals surface area contributed by atoms with Crippen molar-refractivity contribution < 1.29 is 19.5 Å². The van der Waals surface area contributed by atoms with Gasteiger partial charge in [-0.15, -0.1) is 0 Å². The molecule has 1 aliphatic heterocycles. The fourth-order valence-electron chi connectivity index (χ4n) is 2.30. The van der Waals surface area contributed by atoms with Gasteiger partial charge in [0, 0.05) is 25.1 Å². The van der Waals surface area contributed by atoms with Crippen LogP contribution in [0, 0.1) is 0 Å². The summed E-state index contributed by atoms with van der Waals surface area (Å²) in [7, 11) is 0. The Bertz CT molecular complexity index is 556. The highest BCUT2D eigenvalue weighted by molar-refractivity contribution is 6.00. The summed E-state index contributed by atoms with van der Waals surface area (Å²) in [5.41, 5.74) is 1.60. The Hall–Kier alpha value is -2.37. The molecule has 0 saturated heterocycles. The van der Waals surface area contributed by atoms with Crippen LogP contribution in [0.15, 0.2) is 24.3 Å². The lowest BCUT2D eigenvalue weighted by Gasteiger charge is -2.15. The molecule has 6 heteroatoms. The summed E-state index contributed by atoms with van der Waals surface area (Å²) in [5, 5.41) is 11.2. The van der Waals surface area contributed by atoms with Gasteiger partial charge < -0.3 is 15.3 Å². The fraction of sp³-hybridized carbons (Fsp3) is 0.400. The van der Waals surface area contributed by atoms with Crippen LogP contribution in [-0.4, -0.2) is 40.9 Å². The largest absolute Gasteiger partial charge is 0.481 e. The number of unbranched alkanes of at least 4 members (excludes halogenated alkanes) is 1. The lowest BCUT2D eigenvalue weighted by molar-refractivity contribution is -0.137. The van der Waals surface area contributed by atoms with Gasteiger partial charge >= 0.3 is 5.97 Å². The van der Waals surface area contributed by atoms with Crippen LogP contribution < -0.4 is 5.32 Å². The number of carboxylic acids is 1. The second kappa shape index (κ2) is 6.88. The Balaban J connectivity index is 1.72. The monoisotopic (exact) mass is 290 g/mol. The summed E-state index contributed by atoms with van der Waals surface area (Å²) >= 11 is 0. The van der Waals surface area contributed by atoms with Crippen molar-refractivity contribution >= 4 is 17.8 Å². The van der Waals surface area contributed by atoms with Gasteiger partial charge in [0.25, 0.3) is 5.91 Å². The van der Waals surface area contributed by atoms with Crippen LogP contribution in [0.5, 0.6) is 0 Å². The van der Waals surface area contributed by atoms with E-state index >= 15 is 0 Å². The Kier molecular flexibility index (Phi) is 4.92. The topological polar surface area (TPSA) is 86.7 Å². The Labute approximate surface area is 122 Å². The lowest BCUT2D eigenvalue weighted by atomic mass is 10.1. The predicted molar refractivity (Wildman–Crippen MR) is 75.7 cm³/mol. The number of benzene rings is 1. The van der Waals surface area contributed by atoms with Gasteiger partial charge in [-0.05, 0) is 24.5 Å². The van der Waals surface area contributed by atoms with Crippen molar-refractivity contribution in [1.29, 1.82) is 0 Å². The third kappa shape index (κ3) is 4.05. The number of nitrogens with zero attached hydrogens (tertiary/aromatic N) is 1. The van der Waals surface area contributed by atoms with Crippen molar-refractivity contribution in [2.75, 3.05) is 13.1 Å². The van der Waals surface area contributed by atoms with Gasteiger partial charge in [-0.3, -0.25) is 14.4 Å². The van der Waals surface area contributed by atoms with Crippen molar-refractivity contribution in [2.45, 2.75) is 25.8 Å². The van der Waals surface area contributed by atoms with Gasteiger partial charge in [-0.2, -0.15) is 0 Å². The van der Waals surface area contributed by atoms with Gasteiger partial charge in [-0.25, -0.2) is 0 Å². The van der Waals surface area contributed by atoms with Crippen LogP contribution in [0.4, 0.5) is 0 Å². The summed E-state index contributed by atoms with van der Waals surface area (Å²) in [6, 6.07) is 7.33. The molecule has 0 aromatic heterocycles. The minimum atomic E-state index is -0.832. The molecule has 2 rings (SSSR count). The average Bonchev–Trinajstić information content (AvgIpc) is 2.75. The molecule has 1 aromatic rings. The molecule has 0 atom stereocenters. The molecule has 1 aromatic carbocycles. The van der Waals surface area contributed by atoms with Gasteiger partial charge in [0.1, 0.15) is 6.54 Å². The molecule has 0 fully saturated rings. The molecule has 112 valence electrons. The number of aliphatic carboxylic acids is 1. The summed E-state index contributed by atoms with van der Waals surface area (Å²) in [6.45, 7) is 0.926. The van der Waals surface area contributed by atoms with Crippen LogP contribution in [0.2, 0.25) is 0 Å². The van der Waals surface area contributed by atoms with E-state index in [2.05, 4.69) is 5.32 Å². The number of rotatable bonds is 7. The molecule has 21 heavy (non-hydrogen) atoms. The smallest absolute Gasteiger partial charge is 0.303 e. The molecule has 0 spiro atoms. The SMILES string of the molecule is O=C(O)CCCCNC(=O)CN1Cc2ccccc2C1=O. The zero-order valence-electron chi connectivity index (χ0n) is 11.7. The first-order valence-corrected chi connectivity index (χ1v) is 6.93. The number of carboxylic acid groups (broad SMARTS) is 1. The molecule has 0 saturated carbocycles. The Morgan fingerprint density at radius 2 is 2.00 bits per heavy atom. The first kappa shape index (κ1) is 15.0. The maximum absolute atomic E-state index is 12.1. The van der Waals surface area contributed by atoms with E-state index in [-0.39, 0.29) is 24.8 Å². The zero-order chi connectivity index (χ0) is 15.2. The Morgan fingerprint density at radius 3 is 2.71 bits per heavy atom. The zero-order valence-corrected chi connectivity index (χ0v) is 11.7. The second-order valence-corrected chi connectivity index (χ2v) is 5.02. The molecule has 0 bridgehead atoms. The predicted octanol–water partition coefficient (Wildman–Crippen LogP) is 1.01. The number of carbonyl (C=O) groups excluding carboxylic acids is 2.